The molecule has 0 bridgehead atoms. The lowest BCUT2D eigenvalue weighted by Crippen LogP contribution is -2.33. The lowest BCUT2D eigenvalue weighted by atomic mass is 9.89. The first-order valence-corrected chi connectivity index (χ1v) is 13.8. The molecular weight excluding hydrogens is 486 g/mol. The summed E-state index contributed by atoms with van der Waals surface area (Å²) in [6, 6.07) is 10.3. The molecule has 0 aliphatic heterocycles. The molecule has 0 aliphatic carbocycles. The summed E-state index contributed by atoms with van der Waals surface area (Å²) in [5, 5.41) is 18.5. The smallest absolute Gasteiger partial charge is 0.223 e. The Morgan fingerprint density at radius 1 is 1.16 bits per heavy atom. The third-order valence-corrected chi connectivity index (χ3v) is 7.55. The van der Waals surface area contributed by atoms with Crippen molar-refractivity contribution in [1.82, 2.24) is 35.5 Å². The highest BCUT2D eigenvalue weighted by atomic mass is 32.1. The number of carbonyl (C=O) groups is 2. The van der Waals surface area contributed by atoms with Gasteiger partial charge in [0.1, 0.15) is 5.82 Å². The lowest BCUT2D eigenvalue weighted by molar-refractivity contribution is -0.125. The maximum atomic E-state index is 13.4. The van der Waals surface area contributed by atoms with Gasteiger partial charge >= 0.3 is 0 Å². The fourth-order valence-electron chi connectivity index (χ4n) is 4.84. The predicted octanol–water partition coefficient (Wildman–Crippen LogP) is 5.11. The van der Waals surface area contributed by atoms with Gasteiger partial charge in [-0.2, -0.15) is 5.21 Å². The summed E-state index contributed by atoms with van der Waals surface area (Å²) in [7, 11) is 0. The van der Waals surface area contributed by atoms with Crippen LogP contribution in [0.1, 0.15) is 86.3 Å². The Morgan fingerprint density at radius 3 is 2.62 bits per heavy atom. The monoisotopic (exact) mass is 521 g/mol. The second-order valence-corrected chi connectivity index (χ2v) is 10.9. The maximum absolute atomic E-state index is 13.4. The number of hydrogen-bond acceptors (Lipinski definition) is 7. The fourth-order valence-corrected chi connectivity index (χ4v) is 5.54. The quantitative estimate of drug-likeness (QED) is 0.236. The van der Waals surface area contributed by atoms with Crippen LogP contribution in [-0.2, 0) is 17.8 Å². The van der Waals surface area contributed by atoms with Crippen LogP contribution in [0, 0.1) is 11.8 Å². The van der Waals surface area contributed by atoms with Crippen LogP contribution in [0.4, 0.5) is 0 Å². The van der Waals surface area contributed by atoms with E-state index in [1.54, 1.807) is 11.3 Å². The number of rotatable bonds is 13. The summed E-state index contributed by atoms with van der Waals surface area (Å²) in [4.78, 5) is 32.5. The number of aromatic nitrogens is 6. The van der Waals surface area contributed by atoms with Gasteiger partial charge in [-0.3, -0.25) is 9.59 Å². The summed E-state index contributed by atoms with van der Waals surface area (Å²) in [5.41, 5.74) is 2.46. The van der Waals surface area contributed by atoms with Gasteiger partial charge in [0.05, 0.1) is 17.6 Å². The number of ketones is 1. The molecule has 4 aromatic rings. The van der Waals surface area contributed by atoms with Gasteiger partial charge in [0, 0.05) is 35.2 Å². The van der Waals surface area contributed by atoms with E-state index in [9.17, 15) is 9.59 Å². The second kappa shape index (κ2) is 12.2. The normalized spacial score (nSPS) is 12.5. The van der Waals surface area contributed by atoms with Crippen molar-refractivity contribution in [3.8, 4) is 0 Å². The molecule has 9 nitrogen and oxygen atoms in total. The molecule has 2 N–H and O–H groups in total. The number of nitrogens with one attached hydrogen (secondary N) is 2. The van der Waals surface area contributed by atoms with Crippen molar-refractivity contribution in [3.05, 3.63) is 57.8 Å². The van der Waals surface area contributed by atoms with Crippen molar-refractivity contribution in [2.45, 2.75) is 72.4 Å². The SMILES string of the molecule is CCC(CC)n1c(Cc2cccs2)nc2cc(C(=O)C[C@@H](CC(C)C)C(=O)NCc3nn[nH]n3)ccc21. The van der Waals surface area contributed by atoms with Crippen molar-refractivity contribution in [2.75, 3.05) is 0 Å². The Labute approximate surface area is 221 Å². The van der Waals surface area contributed by atoms with E-state index in [-0.39, 0.29) is 30.6 Å². The third-order valence-electron chi connectivity index (χ3n) is 6.67. The van der Waals surface area contributed by atoms with Crippen molar-refractivity contribution in [3.63, 3.8) is 0 Å². The molecule has 0 fully saturated rings. The number of Topliss-reactive ketones (excluding diaryl/α,β-unsaturated/α-hetero) is 1. The summed E-state index contributed by atoms with van der Waals surface area (Å²) in [6.45, 7) is 8.67. The molecule has 0 saturated carbocycles. The molecule has 37 heavy (non-hydrogen) atoms. The van der Waals surface area contributed by atoms with Crippen molar-refractivity contribution in [2.24, 2.45) is 11.8 Å². The van der Waals surface area contributed by atoms with Gasteiger partial charge in [-0.05, 0) is 54.8 Å². The Bertz CT molecular complexity index is 1310. The lowest BCUT2D eigenvalue weighted by Gasteiger charge is -2.19. The van der Waals surface area contributed by atoms with E-state index in [0.29, 0.717) is 23.9 Å². The molecule has 4 rings (SSSR count). The van der Waals surface area contributed by atoms with E-state index in [4.69, 9.17) is 4.98 Å². The molecule has 10 heteroatoms. The van der Waals surface area contributed by atoms with Crippen LogP contribution < -0.4 is 5.32 Å². The van der Waals surface area contributed by atoms with Gasteiger partial charge in [-0.15, -0.1) is 21.5 Å². The summed E-state index contributed by atoms with van der Waals surface area (Å²) in [5.74, 6) is 1.02. The van der Waals surface area contributed by atoms with E-state index >= 15 is 0 Å². The van der Waals surface area contributed by atoms with Gasteiger partial charge in [0.2, 0.25) is 5.91 Å². The van der Waals surface area contributed by atoms with Gasteiger partial charge in [0.25, 0.3) is 0 Å². The number of H-pyrrole nitrogens is 1. The van der Waals surface area contributed by atoms with Crippen LogP contribution in [0.25, 0.3) is 11.0 Å². The fraction of sp³-hybridized carbons (Fsp3) is 0.481. The van der Waals surface area contributed by atoms with E-state index in [1.807, 2.05) is 18.2 Å². The number of imidazole rings is 1. The van der Waals surface area contributed by atoms with E-state index in [2.05, 4.69) is 75.7 Å². The Morgan fingerprint density at radius 2 is 1.97 bits per heavy atom. The molecule has 3 heterocycles. The molecule has 1 atom stereocenters. The molecular formula is C27H35N7O2S. The molecule has 196 valence electrons. The highest BCUT2D eigenvalue weighted by molar-refractivity contribution is 7.09. The van der Waals surface area contributed by atoms with Crippen LogP contribution in [-0.4, -0.2) is 41.9 Å². The molecule has 0 unspecified atom stereocenters. The van der Waals surface area contributed by atoms with Crippen LogP contribution >= 0.6 is 11.3 Å². The summed E-state index contributed by atoms with van der Waals surface area (Å²) in [6.07, 6.45) is 3.53. The molecule has 0 aliphatic rings. The minimum absolute atomic E-state index is 0.0563. The number of tetrazole rings is 1. The van der Waals surface area contributed by atoms with E-state index in [1.165, 1.54) is 4.88 Å². The number of benzene rings is 1. The van der Waals surface area contributed by atoms with Crippen LogP contribution in [0.2, 0.25) is 0 Å². The van der Waals surface area contributed by atoms with Crippen molar-refractivity contribution >= 4 is 34.1 Å². The average Bonchev–Trinajstić information content (AvgIpc) is 3.65. The minimum Gasteiger partial charge on any atom is -0.348 e. The average molecular weight is 522 g/mol. The Hall–Kier alpha value is -3.40. The number of hydrogen-bond donors (Lipinski definition) is 2. The summed E-state index contributed by atoms with van der Waals surface area (Å²) >= 11 is 1.73. The number of nitrogens with zero attached hydrogens (tertiary/aromatic N) is 5. The maximum Gasteiger partial charge on any atom is 0.223 e. The van der Waals surface area contributed by atoms with Gasteiger partial charge in [-0.25, -0.2) is 4.98 Å². The second-order valence-electron chi connectivity index (χ2n) is 9.83. The largest absolute Gasteiger partial charge is 0.348 e. The van der Waals surface area contributed by atoms with Crippen LogP contribution in [0.3, 0.4) is 0 Å². The number of amides is 1. The molecule has 3 aromatic heterocycles. The van der Waals surface area contributed by atoms with Crippen molar-refractivity contribution in [1.29, 1.82) is 0 Å². The minimum atomic E-state index is -0.438. The number of fused-ring (bicyclic) bond motifs is 1. The number of carbonyl (C=O) groups excluding carboxylic acids is 2. The molecule has 1 aromatic carbocycles. The Balaban J connectivity index is 1.57. The number of aromatic amines is 1. The highest BCUT2D eigenvalue weighted by Crippen LogP contribution is 2.29. The van der Waals surface area contributed by atoms with Gasteiger partial charge in [0.15, 0.2) is 11.6 Å². The first-order chi connectivity index (χ1) is 17.9. The number of thiophene rings is 1. The first-order valence-electron chi connectivity index (χ1n) is 13.0. The molecule has 0 radical (unpaired) electrons. The van der Waals surface area contributed by atoms with Crippen LogP contribution in [0.5, 0.6) is 0 Å². The molecule has 0 saturated heterocycles. The molecule has 0 spiro atoms. The zero-order valence-electron chi connectivity index (χ0n) is 21.9. The molecule has 1 amide bonds. The van der Waals surface area contributed by atoms with E-state index in [0.717, 1.165) is 36.1 Å². The van der Waals surface area contributed by atoms with Crippen molar-refractivity contribution < 1.29 is 9.59 Å². The first kappa shape index (κ1) is 26.7. The standard InChI is InChI=1S/C27H35N7O2S/c1-5-20(6-2)34-23-10-9-18(13-22(23)29-26(34)15-21-8-7-11-37-21)24(35)14-19(12-17(3)4)27(36)28-16-25-30-32-33-31-25/h7-11,13,17,19-20H,5-6,12,14-16H2,1-4H3,(H,28,36)(H,30,31,32,33)/t19-/m1/s1. The zero-order chi connectivity index (χ0) is 26.4. The highest BCUT2D eigenvalue weighted by Gasteiger charge is 2.25. The third kappa shape index (κ3) is 6.49. The Kier molecular flexibility index (Phi) is 8.81. The van der Waals surface area contributed by atoms with Gasteiger partial charge < -0.3 is 9.88 Å². The predicted molar refractivity (Wildman–Crippen MR) is 144 cm³/mol. The van der Waals surface area contributed by atoms with Crippen LogP contribution in [0.15, 0.2) is 35.7 Å². The summed E-state index contributed by atoms with van der Waals surface area (Å²) < 4.78 is 2.34. The van der Waals surface area contributed by atoms with Gasteiger partial charge in [-0.1, -0.05) is 39.0 Å². The zero-order valence-corrected chi connectivity index (χ0v) is 22.7. The van der Waals surface area contributed by atoms with E-state index < -0.39 is 5.92 Å². The topological polar surface area (TPSA) is 118 Å².